The molecule has 2 N–H and O–H groups in total. The lowest BCUT2D eigenvalue weighted by atomic mass is 10.1. The molecule has 1 amide bonds. The molecule has 0 saturated carbocycles. The molecule has 2 rings (SSSR count). The SMILES string of the molecule is C[C@H](NC(=O)c1ccc2ccn(C)c2c1)C(=O)O. The van der Waals surface area contributed by atoms with Crippen LogP contribution < -0.4 is 5.32 Å². The highest BCUT2D eigenvalue weighted by molar-refractivity contribution is 5.99. The standard InChI is InChI=1S/C13H14N2O3/c1-8(13(17)18)14-12(16)10-4-3-9-5-6-15(2)11(9)7-10/h3-8H,1-2H3,(H,14,16)(H,17,18)/t8-/m0/s1. The van der Waals surface area contributed by atoms with Crippen LogP contribution in [0, 0.1) is 0 Å². The molecule has 1 atom stereocenters. The zero-order valence-corrected chi connectivity index (χ0v) is 10.2. The van der Waals surface area contributed by atoms with Gasteiger partial charge < -0.3 is 15.0 Å². The molecule has 0 fully saturated rings. The number of fused-ring (bicyclic) bond motifs is 1. The Kier molecular flexibility index (Phi) is 3.06. The van der Waals surface area contributed by atoms with Gasteiger partial charge >= 0.3 is 5.97 Å². The van der Waals surface area contributed by atoms with E-state index in [-0.39, 0.29) is 5.91 Å². The summed E-state index contributed by atoms with van der Waals surface area (Å²) in [7, 11) is 1.89. The van der Waals surface area contributed by atoms with E-state index in [2.05, 4.69) is 5.32 Å². The van der Waals surface area contributed by atoms with Crippen LogP contribution in [0.15, 0.2) is 30.5 Å². The number of carboxylic acid groups (broad SMARTS) is 1. The molecule has 94 valence electrons. The van der Waals surface area contributed by atoms with Gasteiger partial charge in [0.25, 0.3) is 5.91 Å². The smallest absolute Gasteiger partial charge is 0.325 e. The summed E-state index contributed by atoms with van der Waals surface area (Å²) in [5.74, 6) is -1.43. The first kappa shape index (κ1) is 12.2. The number of carbonyl (C=O) groups is 2. The molecule has 2 aromatic rings. The van der Waals surface area contributed by atoms with Gasteiger partial charge in [0, 0.05) is 24.3 Å². The van der Waals surface area contributed by atoms with Gasteiger partial charge in [-0.25, -0.2) is 0 Å². The van der Waals surface area contributed by atoms with Crippen molar-refractivity contribution in [3.8, 4) is 0 Å². The maximum absolute atomic E-state index is 11.9. The van der Waals surface area contributed by atoms with E-state index in [0.717, 1.165) is 10.9 Å². The molecule has 18 heavy (non-hydrogen) atoms. The average Bonchev–Trinajstić information content (AvgIpc) is 2.70. The van der Waals surface area contributed by atoms with Crippen molar-refractivity contribution >= 4 is 22.8 Å². The largest absolute Gasteiger partial charge is 0.480 e. The monoisotopic (exact) mass is 246 g/mol. The van der Waals surface area contributed by atoms with Crippen LogP contribution in [-0.4, -0.2) is 27.6 Å². The lowest BCUT2D eigenvalue weighted by Gasteiger charge is -2.09. The Balaban J connectivity index is 2.27. The molecule has 5 nitrogen and oxygen atoms in total. The van der Waals surface area contributed by atoms with Crippen molar-refractivity contribution in [3.05, 3.63) is 36.0 Å². The third-order valence-corrected chi connectivity index (χ3v) is 2.87. The molecule has 0 aliphatic rings. The van der Waals surface area contributed by atoms with Gasteiger partial charge in [-0.1, -0.05) is 6.07 Å². The summed E-state index contributed by atoms with van der Waals surface area (Å²) in [6, 6.07) is 6.33. The summed E-state index contributed by atoms with van der Waals surface area (Å²) in [6.45, 7) is 1.43. The first-order valence-corrected chi connectivity index (χ1v) is 5.58. The average molecular weight is 246 g/mol. The van der Waals surface area contributed by atoms with Crippen LogP contribution in [0.4, 0.5) is 0 Å². The van der Waals surface area contributed by atoms with E-state index in [1.807, 2.05) is 29.9 Å². The molecule has 0 aliphatic carbocycles. The fourth-order valence-electron chi connectivity index (χ4n) is 1.75. The number of nitrogens with zero attached hydrogens (tertiary/aromatic N) is 1. The van der Waals surface area contributed by atoms with Crippen LogP contribution in [0.5, 0.6) is 0 Å². The summed E-state index contributed by atoms with van der Waals surface area (Å²) in [5, 5.41) is 12.2. The van der Waals surface area contributed by atoms with Gasteiger partial charge in [0.1, 0.15) is 6.04 Å². The Bertz CT molecular complexity index is 616. The van der Waals surface area contributed by atoms with Crippen molar-refractivity contribution in [2.24, 2.45) is 7.05 Å². The van der Waals surface area contributed by atoms with Crippen molar-refractivity contribution in [1.29, 1.82) is 0 Å². The number of benzene rings is 1. The van der Waals surface area contributed by atoms with Crippen molar-refractivity contribution in [2.45, 2.75) is 13.0 Å². The van der Waals surface area contributed by atoms with Crippen LogP contribution in [0.3, 0.4) is 0 Å². The number of nitrogens with one attached hydrogen (secondary N) is 1. The summed E-state index contributed by atoms with van der Waals surface area (Å²) in [4.78, 5) is 22.5. The van der Waals surface area contributed by atoms with Gasteiger partial charge in [-0.2, -0.15) is 0 Å². The lowest BCUT2D eigenvalue weighted by Crippen LogP contribution is -2.38. The quantitative estimate of drug-likeness (QED) is 0.859. The van der Waals surface area contributed by atoms with Crippen LogP contribution in [-0.2, 0) is 11.8 Å². The van der Waals surface area contributed by atoms with Crippen molar-refractivity contribution in [1.82, 2.24) is 9.88 Å². The predicted octanol–water partition coefficient (Wildman–Crippen LogP) is 1.38. The van der Waals surface area contributed by atoms with Crippen LogP contribution in [0.2, 0.25) is 0 Å². The summed E-state index contributed by atoms with van der Waals surface area (Å²) in [6.07, 6.45) is 1.91. The number of aliphatic carboxylic acids is 1. The molecule has 5 heteroatoms. The second-order valence-corrected chi connectivity index (χ2v) is 4.23. The minimum atomic E-state index is -1.05. The fourth-order valence-corrected chi connectivity index (χ4v) is 1.75. The number of aryl methyl sites for hydroxylation is 1. The molecule has 1 aromatic carbocycles. The number of carboxylic acids is 1. The summed E-state index contributed by atoms with van der Waals surface area (Å²) >= 11 is 0. The van der Waals surface area contributed by atoms with Gasteiger partial charge in [0.15, 0.2) is 0 Å². The molecule has 0 saturated heterocycles. The van der Waals surface area contributed by atoms with E-state index in [1.54, 1.807) is 12.1 Å². The van der Waals surface area contributed by atoms with Gasteiger partial charge in [-0.15, -0.1) is 0 Å². The number of amides is 1. The van der Waals surface area contributed by atoms with Crippen LogP contribution in [0.25, 0.3) is 10.9 Å². The number of carbonyl (C=O) groups excluding carboxylic acids is 1. The zero-order valence-electron chi connectivity index (χ0n) is 10.2. The molecule has 1 heterocycles. The van der Waals surface area contributed by atoms with Crippen molar-refractivity contribution in [2.75, 3.05) is 0 Å². The topological polar surface area (TPSA) is 71.3 Å². The highest BCUT2D eigenvalue weighted by atomic mass is 16.4. The van der Waals surface area contributed by atoms with Crippen molar-refractivity contribution < 1.29 is 14.7 Å². The van der Waals surface area contributed by atoms with E-state index in [1.165, 1.54) is 6.92 Å². The maximum atomic E-state index is 11.9. The first-order chi connectivity index (χ1) is 8.49. The number of hydrogen-bond acceptors (Lipinski definition) is 2. The maximum Gasteiger partial charge on any atom is 0.325 e. The van der Waals surface area contributed by atoms with Crippen LogP contribution in [0.1, 0.15) is 17.3 Å². The van der Waals surface area contributed by atoms with E-state index >= 15 is 0 Å². The molecular weight excluding hydrogens is 232 g/mol. The lowest BCUT2D eigenvalue weighted by molar-refractivity contribution is -0.138. The Morgan fingerprint density at radius 2 is 2.06 bits per heavy atom. The molecule has 0 aliphatic heterocycles. The van der Waals surface area contributed by atoms with E-state index in [0.29, 0.717) is 5.56 Å². The minimum absolute atomic E-state index is 0.381. The molecule has 0 spiro atoms. The zero-order chi connectivity index (χ0) is 13.3. The summed E-state index contributed by atoms with van der Waals surface area (Å²) < 4.78 is 1.91. The van der Waals surface area contributed by atoms with E-state index < -0.39 is 12.0 Å². The Morgan fingerprint density at radius 3 is 2.72 bits per heavy atom. The Morgan fingerprint density at radius 1 is 1.33 bits per heavy atom. The van der Waals surface area contributed by atoms with Gasteiger partial charge in [0.2, 0.25) is 0 Å². The molecule has 0 unspecified atom stereocenters. The molecule has 0 radical (unpaired) electrons. The first-order valence-electron chi connectivity index (χ1n) is 5.58. The van der Waals surface area contributed by atoms with Crippen LogP contribution >= 0.6 is 0 Å². The molecule has 1 aromatic heterocycles. The number of hydrogen-bond donors (Lipinski definition) is 2. The summed E-state index contributed by atoms with van der Waals surface area (Å²) in [5.41, 5.74) is 1.39. The second-order valence-electron chi connectivity index (χ2n) is 4.23. The number of aromatic nitrogens is 1. The normalized spacial score (nSPS) is 12.3. The third-order valence-electron chi connectivity index (χ3n) is 2.87. The Labute approximate surface area is 104 Å². The highest BCUT2D eigenvalue weighted by Crippen LogP contribution is 2.16. The molecule has 0 bridgehead atoms. The van der Waals surface area contributed by atoms with Gasteiger partial charge in [0.05, 0.1) is 0 Å². The number of rotatable bonds is 3. The van der Waals surface area contributed by atoms with Gasteiger partial charge in [-0.05, 0) is 30.5 Å². The van der Waals surface area contributed by atoms with E-state index in [4.69, 9.17) is 5.11 Å². The van der Waals surface area contributed by atoms with Crippen molar-refractivity contribution in [3.63, 3.8) is 0 Å². The van der Waals surface area contributed by atoms with Gasteiger partial charge in [-0.3, -0.25) is 9.59 Å². The Hall–Kier alpha value is -2.30. The predicted molar refractivity (Wildman–Crippen MR) is 67.5 cm³/mol. The third kappa shape index (κ3) is 2.20. The second kappa shape index (κ2) is 4.52. The van der Waals surface area contributed by atoms with E-state index in [9.17, 15) is 9.59 Å². The minimum Gasteiger partial charge on any atom is -0.480 e. The highest BCUT2D eigenvalue weighted by Gasteiger charge is 2.15. The molecular formula is C13H14N2O3. The fraction of sp³-hybridized carbons (Fsp3) is 0.231.